The number of carbonyl (C=O) groups excluding carboxylic acids is 1. The smallest absolute Gasteiger partial charge is 0.262 e. The van der Waals surface area contributed by atoms with Crippen molar-refractivity contribution in [3.63, 3.8) is 0 Å². The molecule has 0 fully saturated rings. The SMILES string of the molecule is O=C(COc1ccc(S(=O)(=O)Nc2ccc(F)cc2)cc1Cl)Nc1cccc(Cl)c1. The normalized spacial score (nSPS) is 11.0. The van der Waals surface area contributed by atoms with E-state index in [1.165, 1.54) is 30.3 Å². The molecular weight excluding hydrogens is 454 g/mol. The highest BCUT2D eigenvalue weighted by atomic mass is 35.5. The highest BCUT2D eigenvalue weighted by Crippen LogP contribution is 2.28. The van der Waals surface area contributed by atoms with Crippen LogP contribution in [-0.4, -0.2) is 20.9 Å². The molecule has 0 heterocycles. The van der Waals surface area contributed by atoms with Crippen LogP contribution in [-0.2, 0) is 14.8 Å². The average molecular weight is 469 g/mol. The second kappa shape index (κ2) is 9.34. The number of anilines is 2. The number of hydrogen-bond donors (Lipinski definition) is 2. The Bertz CT molecular complexity index is 1170. The number of hydrogen-bond acceptors (Lipinski definition) is 4. The Hall–Kier alpha value is -2.81. The Morgan fingerprint density at radius 1 is 0.967 bits per heavy atom. The monoisotopic (exact) mass is 468 g/mol. The van der Waals surface area contributed by atoms with Crippen molar-refractivity contribution in [1.29, 1.82) is 0 Å². The molecule has 6 nitrogen and oxygen atoms in total. The first-order valence-corrected chi connectivity index (χ1v) is 10.7. The van der Waals surface area contributed by atoms with Crippen LogP contribution in [0.5, 0.6) is 5.75 Å². The number of rotatable bonds is 7. The van der Waals surface area contributed by atoms with Crippen LogP contribution in [0.1, 0.15) is 0 Å². The van der Waals surface area contributed by atoms with Crippen molar-refractivity contribution in [2.24, 2.45) is 0 Å². The first kappa shape index (κ1) is 21.9. The van der Waals surface area contributed by atoms with Gasteiger partial charge in [-0.1, -0.05) is 29.3 Å². The van der Waals surface area contributed by atoms with Gasteiger partial charge < -0.3 is 10.1 Å². The molecule has 0 saturated carbocycles. The minimum atomic E-state index is -3.95. The molecule has 0 bridgehead atoms. The third-order valence-corrected chi connectivity index (χ3v) is 5.69. The molecular formula is C20H15Cl2FN2O4S. The van der Waals surface area contributed by atoms with E-state index in [0.29, 0.717) is 10.7 Å². The topological polar surface area (TPSA) is 84.5 Å². The largest absolute Gasteiger partial charge is 0.482 e. The van der Waals surface area contributed by atoms with Gasteiger partial charge in [-0.15, -0.1) is 0 Å². The molecule has 0 spiro atoms. The van der Waals surface area contributed by atoms with Gasteiger partial charge in [-0.25, -0.2) is 12.8 Å². The van der Waals surface area contributed by atoms with Crippen molar-refractivity contribution in [3.05, 3.63) is 82.6 Å². The van der Waals surface area contributed by atoms with Crippen LogP contribution in [0.2, 0.25) is 10.0 Å². The molecule has 3 aromatic rings. The van der Waals surface area contributed by atoms with Crippen molar-refractivity contribution in [2.45, 2.75) is 4.90 Å². The maximum atomic E-state index is 13.0. The predicted molar refractivity (Wildman–Crippen MR) is 114 cm³/mol. The van der Waals surface area contributed by atoms with Gasteiger partial charge in [0.1, 0.15) is 11.6 Å². The summed E-state index contributed by atoms with van der Waals surface area (Å²) in [5.74, 6) is -0.788. The third-order valence-electron chi connectivity index (χ3n) is 3.78. The lowest BCUT2D eigenvalue weighted by Crippen LogP contribution is -2.20. The van der Waals surface area contributed by atoms with Gasteiger partial charge in [-0.3, -0.25) is 9.52 Å². The van der Waals surface area contributed by atoms with Gasteiger partial charge in [0.2, 0.25) is 0 Å². The maximum Gasteiger partial charge on any atom is 0.262 e. The third kappa shape index (κ3) is 5.85. The maximum absolute atomic E-state index is 13.0. The summed E-state index contributed by atoms with van der Waals surface area (Å²) in [5, 5.41) is 3.10. The fourth-order valence-electron chi connectivity index (χ4n) is 2.40. The molecule has 156 valence electrons. The Morgan fingerprint density at radius 3 is 2.37 bits per heavy atom. The number of sulfonamides is 1. The second-order valence-corrected chi connectivity index (χ2v) is 8.58. The van der Waals surface area contributed by atoms with Gasteiger partial charge in [0.15, 0.2) is 6.61 Å². The van der Waals surface area contributed by atoms with E-state index in [9.17, 15) is 17.6 Å². The number of halogens is 3. The van der Waals surface area contributed by atoms with Gasteiger partial charge in [0.05, 0.1) is 9.92 Å². The summed E-state index contributed by atoms with van der Waals surface area (Å²) in [6, 6.07) is 15.3. The summed E-state index contributed by atoms with van der Waals surface area (Å²) in [4.78, 5) is 11.9. The van der Waals surface area contributed by atoms with Crippen LogP contribution in [0, 0.1) is 5.82 Å². The molecule has 3 aromatic carbocycles. The Kier molecular flexibility index (Phi) is 6.81. The molecule has 0 saturated heterocycles. The zero-order valence-corrected chi connectivity index (χ0v) is 17.6. The number of benzene rings is 3. The summed E-state index contributed by atoms with van der Waals surface area (Å²) in [5.41, 5.74) is 0.709. The molecule has 0 aliphatic rings. The lowest BCUT2D eigenvalue weighted by Gasteiger charge is -2.12. The summed E-state index contributed by atoms with van der Waals surface area (Å²) >= 11 is 12.0. The molecule has 30 heavy (non-hydrogen) atoms. The van der Waals surface area contributed by atoms with E-state index in [2.05, 4.69) is 10.0 Å². The summed E-state index contributed by atoms with van der Waals surface area (Å²) < 4.78 is 45.6. The van der Waals surface area contributed by atoms with Gasteiger partial charge in [0, 0.05) is 16.4 Å². The van der Waals surface area contributed by atoms with E-state index in [1.54, 1.807) is 24.3 Å². The molecule has 0 aliphatic heterocycles. The van der Waals surface area contributed by atoms with Gasteiger partial charge in [-0.2, -0.15) is 0 Å². The molecule has 3 rings (SSSR count). The van der Waals surface area contributed by atoms with E-state index >= 15 is 0 Å². The predicted octanol–water partition coefficient (Wildman–Crippen LogP) is 4.95. The molecule has 1 amide bonds. The lowest BCUT2D eigenvalue weighted by atomic mass is 10.3. The summed E-state index contributed by atoms with van der Waals surface area (Å²) in [6.07, 6.45) is 0. The molecule has 0 atom stereocenters. The van der Waals surface area contributed by atoms with Crippen LogP contribution >= 0.6 is 23.2 Å². The van der Waals surface area contributed by atoms with Crippen LogP contribution < -0.4 is 14.8 Å². The fraction of sp³-hybridized carbons (Fsp3) is 0.0500. The number of carbonyl (C=O) groups is 1. The van der Waals surface area contributed by atoms with Crippen molar-refractivity contribution in [1.82, 2.24) is 0 Å². The van der Waals surface area contributed by atoms with E-state index < -0.39 is 21.7 Å². The summed E-state index contributed by atoms with van der Waals surface area (Å²) in [6.45, 7) is -0.341. The van der Waals surface area contributed by atoms with Crippen LogP contribution in [0.3, 0.4) is 0 Å². The summed E-state index contributed by atoms with van der Waals surface area (Å²) in [7, 11) is -3.95. The highest BCUT2D eigenvalue weighted by Gasteiger charge is 2.17. The fourth-order valence-corrected chi connectivity index (χ4v) is 3.98. The minimum absolute atomic E-state index is 0.00698. The van der Waals surface area contributed by atoms with Crippen molar-refractivity contribution >= 4 is 50.5 Å². The first-order chi connectivity index (χ1) is 14.2. The number of nitrogens with one attached hydrogen (secondary N) is 2. The first-order valence-electron chi connectivity index (χ1n) is 8.49. The van der Waals surface area contributed by atoms with Gasteiger partial charge >= 0.3 is 0 Å². The Morgan fingerprint density at radius 2 is 1.70 bits per heavy atom. The highest BCUT2D eigenvalue weighted by molar-refractivity contribution is 7.92. The molecule has 0 aromatic heterocycles. The van der Waals surface area contributed by atoms with Crippen molar-refractivity contribution in [2.75, 3.05) is 16.6 Å². The van der Waals surface area contributed by atoms with Crippen molar-refractivity contribution in [3.8, 4) is 5.75 Å². The molecule has 10 heteroatoms. The average Bonchev–Trinajstić information content (AvgIpc) is 2.68. The molecule has 0 unspecified atom stereocenters. The lowest BCUT2D eigenvalue weighted by molar-refractivity contribution is -0.118. The number of amides is 1. The zero-order valence-electron chi connectivity index (χ0n) is 15.2. The number of ether oxygens (including phenoxy) is 1. The second-order valence-electron chi connectivity index (χ2n) is 6.05. The van der Waals surface area contributed by atoms with E-state index in [0.717, 1.165) is 12.1 Å². The molecule has 0 aliphatic carbocycles. The van der Waals surface area contributed by atoms with Crippen LogP contribution in [0.25, 0.3) is 0 Å². The van der Waals surface area contributed by atoms with Crippen LogP contribution in [0.15, 0.2) is 71.6 Å². The Labute approximate surface area is 182 Å². The molecule has 0 radical (unpaired) electrons. The van der Waals surface area contributed by atoms with E-state index in [1.807, 2.05) is 0 Å². The van der Waals surface area contributed by atoms with Gasteiger partial charge in [-0.05, 0) is 60.7 Å². The van der Waals surface area contributed by atoms with Gasteiger partial charge in [0.25, 0.3) is 15.9 Å². The molecule has 2 N–H and O–H groups in total. The Balaban J connectivity index is 1.64. The van der Waals surface area contributed by atoms with Crippen molar-refractivity contribution < 1.29 is 22.3 Å². The quantitative estimate of drug-likeness (QED) is 0.513. The van der Waals surface area contributed by atoms with E-state index in [4.69, 9.17) is 27.9 Å². The minimum Gasteiger partial charge on any atom is -0.482 e. The zero-order chi connectivity index (χ0) is 21.7. The van der Waals surface area contributed by atoms with E-state index in [-0.39, 0.29) is 28.0 Å². The standard InChI is InChI=1S/C20H15Cl2FN2O4S/c21-13-2-1-3-16(10-13)24-20(26)12-29-19-9-8-17(11-18(19)22)30(27,28)25-15-6-4-14(23)5-7-15/h1-11,25H,12H2,(H,24,26). The van der Waals surface area contributed by atoms with Crippen LogP contribution in [0.4, 0.5) is 15.8 Å².